The topological polar surface area (TPSA) is 128 Å². The number of carbonyl (C=O) groups is 3. The zero-order valence-corrected chi connectivity index (χ0v) is 26.3. The molecule has 9 nitrogen and oxygen atoms in total. The summed E-state index contributed by atoms with van der Waals surface area (Å²) in [6, 6.07) is 19.0. The smallest absolute Gasteiger partial charge is 0.254 e. The molecule has 3 amide bonds. The molecule has 0 spiro atoms. The van der Waals surface area contributed by atoms with E-state index in [0.29, 0.717) is 11.1 Å². The number of phenolic OH excluding ortho intramolecular Hbond substituents is 1. The molecule has 0 bridgehead atoms. The number of aliphatic hydroxyl groups excluding tert-OH is 1. The Bertz CT molecular complexity index is 1390. The van der Waals surface area contributed by atoms with Crippen LogP contribution >= 0.6 is 0 Å². The molecule has 0 heterocycles. The largest absolute Gasteiger partial charge is 0.508 e. The summed E-state index contributed by atoms with van der Waals surface area (Å²) in [6.45, 7) is 7.33. The lowest BCUT2D eigenvalue weighted by atomic mass is 9.96. The van der Waals surface area contributed by atoms with Gasteiger partial charge in [-0.25, -0.2) is 0 Å². The number of carbonyl (C=O) groups excluding carboxylic acids is 3. The van der Waals surface area contributed by atoms with Crippen LogP contribution in [0.3, 0.4) is 0 Å². The minimum absolute atomic E-state index is 0.0413. The van der Waals surface area contributed by atoms with Crippen molar-refractivity contribution in [1.29, 1.82) is 0 Å². The van der Waals surface area contributed by atoms with Gasteiger partial charge in [-0.1, -0.05) is 67.9 Å². The molecule has 0 aliphatic carbocycles. The number of benzene rings is 3. The van der Waals surface area contributed by atoms with Crippen molar-refractivity contribution in [3.8, 4) is 5.75 Å². The van der Waals surface area contributed by atoms with Crippen LogP contribution in [-0.4, -0.2) is 71.3 Å². The molecule has 3 aromatic rings. The maximum atomic E-state index is 13.8. The molecule has 0 fully saturated rings. The molecule has 0 aromatic heterocycles. The van der Waals surface area contributed by atoms with E-state index in [2.05, 4.69) is 17.6 Å². The van der Waals surface area contributed by atoms with Crippen LogP contribution in [0, 0.1) is 13.8 Å². The average Bonchev–Trinajstić information content (AvgIpc) is 3.01. The fraction of sp³-hybridized carbons (Fsp3) is 0.400. The molecule has 0 radical (unpaired) electrons. The van der Waals surface area contributed by atoms with Gasteiger partial charge in [-0.15, -0.1) is 0 Å². The van der Waals surface area contributed by atoms with Gasteiger partial charge in [0, 0.05) is 31.3 Å². The van der Waals surface area contributed by atoms with Crippen molar-refractivity contribution in [3.63, 3.8) is 0 Å². The van der Waals surface area contributed by atoms with Gasteiger partial charge in [0.2, 0.25) is 5.91 Å². The number of aromatic hydroxyl groups is 1. The highest BCUT2D eigenvalue weighted by molar-refractivity contribution is 5.97. The summed E-state index contributed by atoms with van der Waals surface area (Å²) in [5, 5.41) is 27.3. The molecule has 0 saturated heterocycles. The molecule has 4 N–H and O–H groups in total. The number of aryl methyl sites for hydroxylation is 2. The van der Waals surface area contributed by atoms with Crippen LogP contribution in [0.5, 0.6) is 5.75 Å². The molecule has 236 valence electrons. The number of hydrogen-bond acceptors (Lipinski definition) is 6. The van der Waals surface area contributed by atoms with E-state index >= 15 is 0 Å². The first-order chi connectivity index (χ1) is 21.0. The SMILES string of the molecule is CCCc1cccc(C(=O)NC(Cc2ccccc2)C(O)C(=O)N(CC(=O)NCc2c(C)cccc2O)CC(C)OC)c1C. The van der Waals surface area contributed by atoms with Gasteiger partial charge in [-0.05, 0) is 68.0 Å². The highest BCUT2D eigenvalue weighted by Gasteiger charge is 2.33. The van der Waals surface area contributed by atoms with Gasteiger partial charge >= 0.3 is 0 Å². The Morgan fingerprint density at radius 3 is 2.34 bits per heavy atom. The molecule has 44 heavy (non-hydrogen) atoms. The van der Waals surface area contributed by atoms with Crippen LogP contribution in [0.2, 0.25) is 0 Å². The Balaban J connectivity index is 1.83. The number of ether oxygens (including phenoxy) is 1. The standard InChI is InChI=1S/C35H45N3O6/c1-6-12-27-16-11-17-28(25(27)4)34(42)37-30(19-26-14-8-7-9-15-26)33(41)35(43)38(21-24(3)44-5)22-32(40)36-20-29-23(2)13-10-18-31(29)39/h7-11,13-18,24,30,33,39,41H,6,12,19-22H2,1-5H3,(H,36,40)(H,37,42). The summed E-state index contributed by atoms with van der Waals surface area (Å²) in [4.78, 5) is 41.6. The van der Waals surface area contributed by atoms with Gasteiger partial charge in [0.05, 0.1) is 18.7 Å². The summed E-state index contributed by atoms with van der Waals surface area (Å²) in [7, 11) is 1.50. The molecule has 3 aromatic carbocycles. The van der Waals surface area contributed by atoms with E-state index in [0.717, 1.165) is 35.1 Å². The van der Waals surface area contributed by atoms with Crippen molar-refractivity contribution in [3.05, 3.63) is 100 Å². The van der Waals surface area contributed by atoms with Crippen LogP contribution in [0.4, 0.5) is 0 Å². The van der Waals surface area contributed by atoms with Crippen molar-refractivity contribution in [2.75, 3.05) is 20.2 Å². The second kappa shape index (κ2) is 16.6. The summed E-state index contributed by atoms with van der Waals surface area (Å²) >= 11 is 0. The Hall–Kier alpha value is -4.21. The van der Waals surface area contributed by atoms with Crippen molar-refractivity contribution in [2.45, 2.75) is 71.8 Å². The monoisotopic (exact) mass is 603 g/mol. The van der Waals surface area contributed by atoms with Crippen molar-refractivity contribution in [1.82, 2.24) is 15.5 Å². The summed E-state index contributed by atoms with van der Waals surface area (Å²) in [6.07, 6.45) is -0.106. The molecule has 0 aliphatic rings. The summed E-state index contributed by atoms with van der Waals surface area (Å²) in [5.74, 6) is -1.50. The molecule has 9 heteroatoms. The molecule has 0 saturated carbocycles. The molecule has 3 unspecified atom stereocenters. The van der Waals surface area contributed by atoms with E-state index in [9.17, 15) is 24.6 Å². The van der Waals surface area contributed by atoms with Gasteiger partial charge in [0.1, 0.15) is 5.75 Å². The second-order valence-electron chi connectivity index (χ2n) is 11.2. The van der Waals surface area contributed by atoms with E-state index in [-0.39, 0.29) is 37.7 Å². The van der Waals surface area contributed by atoms with E-state index in [1.165, 1.54) is 12.0 Å². The molecular formula is C35H45N3O6. The van der Waals surface area contributed by atoms with Gasteiger partial charge < -0.3 is 30.5 Å². The van der Waals surface area contributed by atoms with E-state index < -0.39 is 30.1 Å². The normalized spacial score (nSPS) is 13.0. The Kier molecular flexibility index (Phi) is 12.9. The van der Waals surface area contributed by atoms with Gasteiger partial charge in [-0.2, -0.15) is 0 Å². The number of hydrogen-bond donors (Lipinski definition) is 4. The number of aliphatic hydroxyl groups is 1. The van der Waals surface area contributed by atoms with E-state index in [4.69, 9.17) is 4.74 Å². The Morgan fingerprint density at radius 1 is 0.977 bits per heavy atom. The van der Waals surface area contributed by atoms with Gasteiger partial charge in [0.15, 0.2) is 6.10 Å². The number of phenols is 1. The average molecular weight is 604 g/mol. The maximum Gasteiger partial charge on any atom is 0.254 e. The van der Waals surface area contributed by atoms with Crippen molar-refractivity contribution in [2.24, 2.45) is 0 Å². The predicted octanol–water partition coefficient (Wildman–Crippen LogP) is 3.84. The lowest BCUT2D eigenvalue weighted by Crippen LogP contribution is -2.55. The van der Waals surface area contributed by atoms with Crippen LogP contribution in [-0.2, 0) is 33.7 Å². The fourth-order valence-corrected chi connectivity index (χ4v) is 5.13. The zero-order chi connectivity index (χ0) is 32.2. The van der Waals surface area contributed by atoms with Crippen LogP contribution < -0.4 is 10.6 Å². The van der Waals surface area contributed by atoms with Crippen LogP contribution in [0.1, 0.15) is 58.4 Å². The zero-order valence-electron chi connectivity index (χ0n) is 26.3. The quantitative estimate of drug-likeness (QED) is 0.209. The molecule has 3 atom stereocenters. The van der Waals surface area contributed by atoms with Crippen LogP contribution in [0.15, 0.2) is 66.7 Å². The molecule has 3 rings (SSSR count). The third-order valence-electron chi connectivity index (χ3n) is 7.83. The summed E-state index contributed by atoms with van der Waals surface area (Å²) < 4.78 is 5.37. The maximum absolute atomic E-state index is 13.8. The third kappa shape index (κ3) is 9.39. The number of nitrogens with one attached hydrogen (secondary N) is 2. The number of methoxy groups -OCH3 is 1. The van der Waals surface area contributed by atoms with E-state index in [1.54, 1.807) is 25.1 Å². The first-order valence-electron chi connectivity index (χ1n) is 15.0. The van der Waals surface area contributed by atoms with Gasteiger partial charge in [0.25, 0.3) is 11.8 Å². The van der Waals surface area contributed by atoms with Crippen molar-refractivity contribution < 1.29 is 29.3 Å². The first-order valence-corrected chi connectivity index (χ1v) is 15.0. The summed E-state index contributed by atoms with van der Waals surface area (Å²) in [5.41, 5.74) is 4.63. The highest BCUT2D eigenvalue weighted by atomic mass is 16.5. The highest BCUT2D eigenvalue weighted by Crippen LogP contribution is 2.20. The predicted molar refractivity (Wildman–Crippen MR) is 170 cm³/mol. The fourth-order valence-electron chi connectivity index (χ4n) is 5.13. The van der Waals surface area contributed by atoms with Crippen LogP contribution in [0.25, 0.3) is 0 Å². The molecular weight excluding hydrogens is 558 g/mol. The number of amides is 3. The Labute approximate surface area is 260 Å². The third-order valence-corrected chi connectivity index (χ3v) is 7.83. The minimum Gasteiger partial charge on any atom is -0.508 e. The lowest BCUT2D eigenvalue weighted by molar-refractivity contribution is -0.146. The first kappa shape index (κ1) is 34.3. The number of nitrogens with zero attached hydrogens (tertiary/aromatic N) is 1. The number of rotatable bonds is 15. The lowest BCUT2D eigenvalue weighted by Gasteiger charge is -2.31. The van der Waals surface area contributed by atoms with Gasteiger partial charge in [-0.3, -0.25) is 14.4 Å². The second-order valence-corrected chi connectivity index (χ2v) is 11.2. The van der Waals surface area contributed by atoms with Crippen molar-refractivity contribution >= 4 is 17.7 Å². The molecule has 0 aliphatic heterocycles. The minimum atomic E-state index is -1.64. The van der Waals surface area contributed by atoms with E-state index in [1.807, 2.05) is 62.4 Å². The Morgan fingerprint density at radius 2 is 1.68 bits per heavy atom.